The quantitative estimate of drug-likeness (QED) is 0.794. The van der Waals surface area contributed by atoms with E-state index in [9.17, 15) is 9.59 Å². The van der Waals surface area contributed by atoms with Crippen LogP contribution in [0.3, 0.4) is 0 Å². The van der Waals surface area contributed by atoms with Gasteiger partial charge in [0.2, 0.25) is 11.8 Å². The van der Waals surface area contributed by atoms with E-state index in [-0.39, 0.29) is 23.8 Å². The zero-order valence-corrected chi connectivity index (χ0v) is 12.0. The molecule has 1 atom stereocenters. The number of piperidine rings is 1. The second-order valence-corrected chi connectivity index (χ2v) is 5.84. The minimum Gasteiger partial charge on any atom is -0.326 e. The molecule has 1 aliphatic carbocycles. The molecule has 1 aromatic rings. The highest BCUT2D eigenvalue weighted by Gasteiger charge is 2.29. The van der Waals surface area contributed by atoms with Gasteiger partial charge < -0.3 is 16.0 Å². The minimum absolute atomic E-state index is 0.000342. The smallest absolute Gasteiger partial charge is 0.241 e. The summed E-state index contributed by atoms with van der Waals surface area (Å²) in [5.41, 5.74) is 1.46. The van der Waals surface area contributed by atoms with E-state index >= 15 is 0 Å². The fourth-order valence-corrected chi connectivity index (χ4v) is 2.57. The van der Waals surface area contributed by atoms with Crippen molar-refractivity contribution in [1.29, 1.82) is 0 Å². The molecule has 1 heterocycles. The Bertz CT molecular complexity index is 534. The van der Waals surface area contributed by atoms with E-state index in [1.807, 2.05) is 18.2 Å². The maximum Gasteiger partial charge on any atom is 0.241 e. The van der Waals surface area contributed by atoms with Crippen LogP contribution in [0.25, 0.3) is 0 Å². The molecule has 2 fully saturated rings. The van der Waals surface area contributed by atoms with E-state index in [1.165, 1.54) is 0 Å². The molecule has 1 unspecified atom stereocenters. The average molecular weight is 287 g/mol. The Kier molecular flexibility index (Phi) is 4.20. The summed E-state index contributed by atoms with van der Waals surface area (Å²) < 4.78 is 0. The molecule has 3 rings (SSSR count). The van der Waals surface area contributed by atoms with Gasteiger partial charge in [0.25, 0.3) is 0 Å². The molecule has 112 valence electrons. The minimum atomic E-state index is -0.108. The van der Waals surface area contributed by atoms with Crippen LogP contribution in [0, 0.1) is 5.92 Å². The third-order valence-corrected chi connectivity index (χ3v) is 3.97. The van der Waals surface area contributed by atoms with Crippen LogP contribution in [-0.2, 0) is 9.59 Å². The van der Waals surface area contributed by atoms with Gasteiger partial charge in [-0.05, 0) is 50.4 Å². The van der Waals surface area contributed by atoms with Crippen molar-refractivity contribution < 1.29 is 9.59 Å². The molecule has 2 amide bonds. The number of amides is 2. The predicted molar refractivity (Wildman–Crippen MR) is 82.1 cm³/mol. The lowest BCUT2D eigenvalue weighted by molar-refractivity contribution is -0.119. The van der Waals surface area contributed by atoms with Crippen LogP contribution in [0.1, 0.15) is 32.1 Å². The first-order valence-electron chi connectivity index (χ1n) is 7.67. The molecule has 5 heteroatoms. The van der Waals surface area contributed by atoms with Crippen molar-refractivity contribution in [3.63, 3.8) is 0 Å². The molecule has 0 spiro atoms. The second-order valence-electron chi connectivity index (χ2n) is 5.84. The SMILES string of the molecule is O=C(Nc1cccc(NC(=O)C2CCCCN2)c1)C1CC1. The van der Waals surface area contributed by atoms with Crippen molar-refractivity contribution in [3.8, 4) is 0 Å². The van der Waals surface area contributed by atoms with Crippen molar-refractivity contribution >= 4 is 23.2 Å². The largest absolute Gasteiger partial charge is 0.326 e. The van der Waals surface area contributed by atoms with E-state index in [2.05, 4.69) is 16.0 Å². The van der Waals surface area contributed by atoms with Gasteiger partial charge in [0, 0.05) is 17.3 Å². The highest BCUT2D eigenvalue weighted by Crippen LogP contribution is 2.30. The van der Waals surface area contributed by atoms with Crippen LogP contribution >= 0.6 is 0 Å². The molecular weight excluding hydrogens is 266 g/mol. The number of benzene rings is 1. The Labute approximate surface area is 124 Å². The lowest BCUT2D eigenvalue weighted by Gasteiger charge is -2.22. The molecular formula is C16H21N3O2. The zero-order valence-electron chi connectivity index (χ0n) is 12.0. The summed E-state index contributed by atoms with van der Waals surface area (Å²) in [5.74, 6) is 0.252. The summed E-state index contributed by atoms with van der Waals surface area (Å²) in [6.45, 7) is 0.898. The third kappa shape index (κ3) is 3.82. The van der Waals surface area contributed by atoms with E-state index in [0.717, 1.165) is 50.0 Å². The van der Waals surface area contributed by atoms with E-state index < -0.39 is 0 Å². The first-order chi connectivity index (χ1) is 10.2. The summed E-state index contributed by atoms with van der Waals surface area (Å²) in [7, 11) is 0. The molecule has 1 aliphatic heterocycles. The van der Waals surface area contributed by atoms with E-state index in [1.54, 1.807) is 6.07 Å². The van der Waals surface area contributed by atoms with Gasteiger partial charge in [-0.15, -0.1) is 0 Å². The van der Waals surface area contributed by atoms with Gasteiger partial charge in [-0.3, -0.25) is 9.59 Å². The summed E-state index contributed by atoms with van der Waals surface area (Å²) in [5, 5.41) is 9.04. The number of rotatable bonds is 4. The Morgan fingerprint density at radius 1 is 1.00 bits per heavy atom. The van der Waals surface area contributed by atoms with Gasteiger partial charge in [0.15, 0.2) is 0 Å². The van der Waals surface area contributed by atoms with Crippen LogP contribution in [0.2, 0.25) is 0 Å². The Morgan fingerprint density at radius 2 is 1.71 bits per heavy atom. The fourth-order valence-electron chi connectivity index (χ4n) is 2.57. The molecule has 21 heavy (non-hydrogen) atoms. The van der Waals surface area contributed by atoms with Crippen LogP contribution in [0.15, 0.2) is 24.3 Å². The predicted octanol–water partition coefficient (Wildman–Crippen LogP) is 2.12. The normalized spacial score (nSPS) is 21.6. The van der Waals surface area contributed by atoms with Crippen molar-refractivity contribution in [2.75, 3.05) is 17.2 Å². The number of carbonyl (C=O) groups excluding carboxylic acids is 2. The summed E-state index contributed by atoms with van der Waals surface area (Å²) in [6.07, 6.45) is 5.06. The highest BCUT2D eigenvalue weighted by molar-refractivity contribution is 5.97. The van der Waals surface area contributed by atoms with E-state index in [4.69, 9.17) is 0 Å². The molecule has 2 aliphatic rings. The maximum absolute atomic E-state index is 12.2. The van der Waals surface area contributed by atoms with Gasteiger partial charge in [-0.2, -0.15) is 0 Å². The number of carbonyl (C=O) groups is 2. The molecule has 1 saturated heterocycles. The third-order valence-electron chi connectivity index (χ3n) is 3.97. The molecule has 0 bridgehead atoms. The monoisotopic (exact) mass is 287 g/mol. The summed E-state index contributed by atoms with van der Waals surface area (Å²) in [6, 6.07) is 7.22. The first-order valence-corrected chi connectivity index (χ1v) is 7.67. The van der Waals surface area contributed by atoms with Crippen molar-refractivity contribution in [3.05, 3.63) is 24.3 Å². The first kappa shape index (κ1) is 14.1. The number of hydrogen-bond donors (Lipinski definition) is 3. The van der Waals surface area contributed by atoms with E-state index in [0.29, 0.717) is 0 Å². The van der Waals surface area contributed by atoms with Gasteiger partial charge in [0.1, 0.15) is 0 Å². The topological polar surface area (TPSA) is 70.2 Å². The highest BCUT2D eigenvalue weighted by atomic mass is 16.2. The van der Waals surface area contributed by atoms with Gasteiger partial charge in [-0.1, -0.05) is 12.5 Å². The molecule has 5 nitrogen and oxygen atoms in total. The zero-order chi connectivity index (χ0) is 14.7. The average Bonchev–Trinajstić information content (AvgIpc) is 3.33. The van der Waals surface area contributed by atoms with Crippen molar-refractivity contribution in [2.45, 2.75) is 38.1 Å². The lowest BCUT2D eigenvalue weighted by Crippen LogP contribution is -2.43. The van der Waals surface area contributed by atoms with Crippen LogP contribution in [0.4, 0.5) is 11.4 Å². The standard InChI is InChI=1S/C16H21N3O2/c20-15(11-7-8-11)18-12-4-3-5-13(10-12)19-16(21)14-6-1-2-9-17-14/h3-5,10-11,14,17H,1-2,6-9H2,(H,18,20)(H,19,21). The molecule has 3 N–H and O–H groups in total. The fraction of sp³-hybridized carbons (Fsp3) is 0.500. The molecule has 0 aromatic heterocycles. The Balaban J connectivity index is 1.59. The van der Waals surface area contributed by atoms with Crippen LogP contribution < -0.4 is 16.0 Å². The van der Waals surface area contributed by atoms with Gasteiger partial charge in [0.05, 0.1) is 6.04 Å². The molecule has 1 saturated carbocycles. The van der Waals surface area contributed by atoms with Crippen molar-refractivity contribution in [1.82, 2.24) is 5.32 Å². The van der Waals surface area contributed by atoms with Gasteiger partial charge >= 0.3 is 0 Å². The number of hydrogen-bond acceptors (Lipinski definition) is 3. The second kappa shape index (κ2) is 6.26. The van der Waals surface area contributed by atoms with Crippen molar-refractivity contribution in [2.24, 2.45) is 5.92 Å². The number of anilines is 2. The van der Waals surface area contributed by atoms with Gasteiger partial charge in [-0.25, -0.2) is 0 Å². The lowest BCUT2D eigenvalue weighted by atomic mass is 10.0. The van der Waals surface area contributed by atoms with Crippen LogP contribution in [-0.4, -0.2) is 24.4 Å². The summed E-state index contributed by atoms with van der Waals surface area (Å²) in [4.78, 5) is 23.9. The Hall–Kier alpha value is -1.88. The molecule has 0 radical (unpaired) electrons. The maximum atomic E-state index is 12.2. The Morgan fingerprint density at radius 3 is 2.33 bits per heavy atom. The van der Waals surface area contributed by atoms with Crippen LogP contribution in [0.5, 0.6) is 0 Å². The molecule has 1 aromatic carbocycles. The number of nitrogens with one attached hydrogen (secondary N) is 3. The summed E-state index contributed by atoms with van der Waals surface area (Å²) >= 11 is 0.